The summed E-state index contributed by atoms with van der Waals surface area (Å²) in [5.74, 6) is -0.722. The van der Waals surface area contributed by atoms with Crippen molar-refractivity contribution < 1.29 is 8.78 Å². The van der Waals surface area contributed by atoms with Gasteiger partial charge in [0.1, 0.15) is 19.5 Å². The van der Waals surface area contributed by atoms with Gasteiger partial charge >= 0.3 is 0 Å². The average Bonchev–Trinajstić information content (AvgIpc) is 2.18. The van der Waals surface area contributed by atoms with E-state index in [0.717, 1.165) is 0 Å². The van der Waals surface area contributed by atoms with E-state index in [1.807, 2.05) is 13.8 Å². The van der Waals surface area contributed by atoms with Gasteiger partial charge in [0.15, 0.2) is 0 Å². The van der Waals surface area contributed by atoms with Crippen LogP contribution in [-0.4, -0.2) is 7.85 Å². The molecule has 2 unspecified atom stereocenters. The van der Waals surface area contributed by atoms with Gasteiger partial charge in [-0.1, -0.05) is 19.3 Å². The van der Waals surface area contributed by atoms with Crippen LogP contribution in [0.2, 0.25) is 0 Å². The van der Waals surface area contributed by atoms with Crippen molar-refractivity contribution >= 4 is 42.4 Å². The lowest BCUT2D eigenvalue weighted by Crippen LogP contribution is -2.33. The number of halogens is 2. The average molecular weight is 244 g/mol. The molecule has 0 saturated heterocycles. The van der Waals surface area contributed by atoms with E-state index < -0.39 is 11.6 Å². The summed E-state index contributed by atoms with van der Waals surface area (Å²) in [5, 5.41) is 0.421. The van der Waals surface area contributed by atoms with Gasteiger partial charge in [0.25, 0.3) is 0 Å². The van der Waals surface area contributed by atoms with Crippen molar-refractivity contribution in [1.82, 2.24) is 0 Å². The first-order chi connectivity index (χ1) is 6.86. The highest BCUT2D eigenvalue weighted by atomic mass is 31.0. The van der Waals surface area contributed by atoms with Gasteiger partial charge in [-0.05, 0) is 17.9 Å². The SMILES string of the molecule is [B]c1c(F)c(P)c(P)c(F)c1CC(C)C. The molecule has 1 rings (SSSR count). The molecule has 0 aromatic heterocycles. The van der Waals surface area contributed by atoms with E-state index in [0.29, 0.717) is 6.42 Å². The smallest absolute Gasteiger partial charge is 0.133 e. The van der Waals surface area contributed by atoms with Gasteiger partial charge in [-0.25, -0.2) is 8.78 Å². The van der Waals surface area contributed by atoms with Crippen molar-refractivity contribution in [2.45, 2.75) is 20.3 Å². The number of rotatable bonds is 2. The third-order valence-corrected chi connectivity index (χ3v) is 3.66. The van der Waals surface area contributed by atoms with Crippen molar-refractivity contribution in [3.05, 3.63) is 17.2 Å². The Labute approximate surface area is 95.0 Å². The van der Waals surface area contributed by atoms with Gasteiger partial charge < -0.3 is 0 Å². The van der Waals surface area contributed by atoms with E-state index in [9.17, 15) is 8.78 Å². The number of hydrogen-bond donors (Lipinski definition) is 0. The molecule has 1 aromatic carbocycles. The summed E-state index contributed by atoms with van der Waals surface area (Å²) in [4.78, 5) is 0. The van der Waals surface area contributed by atoms with E-state index >= 15 is 0 Å². The second-order valence-corrected chi connectivity index (χ2v) is 5.10. The summed E-state index contributed by atoms with van der Waals surface area (Å²) in [6.07, 6.45) is 0.445. The van der Waals surface area contributed by atoms with Crippen molar-refractivity contribution in [3.63, 3.8) is 0 Å². The first-order valence-corrected chi connectivity index (χ1v) is 5.82. The fraction of sp³-hybridized carbons (Fsp3) is 0.400. The second-order valence-electron chi connectivity index (χ2n) is 3.95. The van der Waals surface area contributed by atoms with Gasteiger partial charge in [-0.3, -0.25) is 0 Å². The maximum absolute atomic E-state index is 13.8. The molecule has 0 fully saturated rings. The molecule has 0 spiro atoms. The van der Waals surface area contributed by atoms with Gasteiger partial charge in [0.05, 0.1) is 0 Å². The van der Waals surface area contributed by atoms with Crippen LogP contribution in [0.25, 0.3) is 0 Å². The first kappa shape index (κ1) is 13.1. The fourth-order valence-corrected chi connectivity index (χ4v) is 1.99. The van der Waals surface area contributed by atoms with Crippen molar-refractivity contribution in [1.29, 1.82) is 0 Å². The van der Waals surface area contributed by atoms with E-state index in [-0.39, 0.29) is 27.6 Å². The van der Waals surface area contributed by atoms with Crippen LogP contribution in [0.15, 0.2) is 0 Å². The Morgan fingerprint density at radius 3 is 2.07 bits per heavy atom. The molecule has 2 atom stereocenters. The maximum Gasteiger partial charge on any atom is 0.133 e. The minimum Gasteiger partial charge on any atom is -0.207 e. The van der Waals surface area contributed by atoms with Crippen molar-refractivity contribution in [2.75, 3.05) is 0 Å². The Morgan fingerprint density at radius 2 is 1.60 bits per heavy atom. The third-order valence-electron chi connectivity index (χ3n) is 2.20. The van der Waals surface area contributed by atoms with Crippen LogP contribution >= 0.6 is 18.5 Å². The summed E-state index contributed by atoms with van der Waals surface area (Å²) in [6.45, 7) is 3.88. The molecule has 0 aliphatic heterocycles. The quantitative estimate of drug-likeness (QED) is 0.536. The molecule has 0 saturated carbocycles. The number of hydrogen-bond acceptors (Lipinski definition) is 0. The van der Waals surface area contributed by atoms with Gasteiger partial charge in [-0.2, -0.15) is 0 Å². The van der Waals surface area contributed by atoms with Crippen LogP contribution in [-0.2, 0) is 6.42 Å². The Hall–Kier alpha value is 0.00494. The molecule has 0 amide bonds. The van der Waals surface area contributed by atoms with Crippen LogP contribution in [0, 0.1) is 17.6 Å². The van der Waals surface area contributed by atoms with Gasteiger partial charge in [-0.15, -0.1) is 18.5 Å². The molecule has 1 aromatic rings. The molecule has 0 heterocycles. The van der Waals surface area contributed by atoms with E-state index in [1.54, 1.807) is 0 Å². The van der Waals surface area contributed by atoms with Gasteiger partial charge in [0, 0.05) is 10.6 Å². The molecule has 2 radical (unpaired) electrons. The Morgan fingerprint density at radius 1 is 1.13 bits per heavy atom. The summed E-state index contributed by atoms with van der Waals surface area (Å²) >= 11 is 0. The zero-order chi connectivity index (χ0) is 11.7. The predicted molar refractivity (Wildman–Crippen MR) is 69.0 cm³/mol. The van der Waals surface area contributed by atoms with Crippen LogP contribution < -0.4 is 16.1 Å². The highest BCUT2D eigenvalue weighted by Crippen LogP contribution is 2.12. The predicted octanol–water partition coefficient (Wildman–Crippen LogP) is 0.958. The minimum absolute atomic E-state index is 0.0719. The molecule has 80 valence electrons. The molecule has 0 bridgehead atoms. The fourth-order valence-electron chi connectivity index (χ4n) is 1.40. The third kappa shape index (κ3) is 2.57. The molecular formula is C10H13BF2P2. The molecule has 0 nitrogen and oxygen atoms in total. The lowest BCUT2D eigenvalue weighted by molar-refractivity contribution is 0.574. The second kappa shape index (κ2) is 4.89. The largest absolute Gasteiger partial charge is 0.207 e. The van der Waals surface area contributed by atoms with Crippen molar-refractivity contribution in [3.8, 4) is 0 Å². The molecule has 0 aliphatic carbocycles. The Kier molecular flexibility index (Phi) is 4.26. The highest BCUT2D eigenvalue weighted by molar-refractivity contribution is 7.35. The van der Waals surface area contributed by atoms with E-state index in [4.69, 9.17) is 7.85 Å². The zero-order valence-corrected chi connectivity index (χ0v) is 11.1. The summed E-state index contributed by atoms with van der Waals surface area (Å²) in [5.41, 5.74) is 0.205. The first-order valence-electron chi connectivity index (χ1n) is 4.66. The van der Waals surface area contributed by atoms with E-state index in [2.05, 4.69) is 18.5 Å². The number of benzene rings is 1. The normalized spacial score (nSPS) is 11.1. The highest BCUT2D eigenvalue weighted by Gasteiger charge is 2.17. The summed E-state index contributed by atoms with van der Waals surface area (Å²) < 4.78 is 27.3. The van der Waals surface area contributed by atoms with Crippen LogP contribution in [0.1, 0.15) is 19.4 Å². The molecule has 0 aliphatic rings. The molecular weight excluding hydrogens is 231 g/mol. The standard InChI is InChI=1S/C10H13BF2P2/c1-4(2)3-5-6(11)8(13)10(15)9(14)7(5)12/h4H,3,14-15H2,1-2H3. The summed E-state index contributed by atoms with van der Waals surface area (Å²) in [7, 11) is 9.93. The molecule has 0 N–H and O–H groups in total. The zero-order valence-electron chi connectivity index (χ0n) is 8.77. The van der Waals surface area contributed by atoms with Crippen LogP contribution in [0.4, 0.5) is 8.78 Å². The molecule has 15 heavy (non-hydrogen) atoms. The topological polar surface area (TPSA) is 0 Å². The van der Waals surface area contributed by atoms with E-state index in [1.165, 1.54) is 0 Å². The lowest BCUT2D eigenvalue weighted by Gasteiger charge is -2.15. The summed E-state index contributed by atoms with van der Waals surface area (Å²) in [6, 6.07) is 0. The monoisotopic (exact) mass is 244 g/mol. The van der Waals surface area contributed by atoms with Crippen LogP contribution in [0.3, 0.4) is 0 Å². The van der Waals surface area contributed by atoms with Crippen LogP contribution in [0.5, 0.6) is 0 Å². The van der Waals surface area contributed by atoms with Gasteiger partial charge in [0.2, 0.25) is 0 Å². The molecule has 5 heteroatoms. The Bertz CT molecular complexity index is 362. The minimum atomic E-state index is -0.540. The lowest BCUT2D eigenvalue weighted by atomic mass is 9.85. The van der Waals surface area contributed by atoms with Crippen molar-refractivity contribution in [2.24, 2.45) is 5.92 Å². The Balaban J connectivity index is 3.39. The maximum atomic E-state index is 13.8.